The van der Waals surface area contributed by atoms with E-state index in [2.05, 4.69) is 5.32 Å². The van der Waals surface area contributed by atoms with Gasteiger partial charge >= 0.3 is 0 Å². The molecule has 0 saturated carbocycles. The van der Waals surface area contributed by atoms with Crippen LogP contribution in [0.5, 0.6) is 0 Å². The topological polar surface area (TPSA) is 55.1 Å². The van der Waals surface area contributed by atoms with Crippen molar-refractivity contribution in [1.82, 2.24) is 5.32 Å². The smallest absolute Gasteiger partial charge is 0.218 e. The van der Waals surface area contributed by atoms with Crippen LogP contribution < -0.4 is 11.1 Å². The van der Waals surface area contributed by atoms with Crippen LogP contribution in [0.2, 0.25) is 0 Å². The molecule has 3 N–H and O–H groups in total. The number of hydrogen-bond acceptors (Lipinski definition) is 4. The summed E-state index contributed by atoms with van der Waals surface area (Å²) in [5.74, 6) is 1.78. The molecule has 0 aromatic rings. The molecule has 5 heteroatoms. The zero-order chi connectivity index (χ0) is 8.32. The minimum absolute atomic E-state index is 0.0417. The molecule has 3 nitrogen and oxygen atoms in total. The fourth-order valence-corrected chi connectivity index (χ4v) is 3.51. The second kappa shape index (κ2) is 3.69. The Kier molecular flexibility index (Phi) is 3.09. The van der Waals surface area contributed by atoms with E-state index in [-0.39, 0.29) is 5.91 Å². The summed E-state index contributed by atoms with van der Waals surface area (Å²) in [6, 6.07) is 0. The molecule has 1 amide bonds. The first-order chi connectivity index (χ1) is 5.12. The molecule has 64 valence electrons. The van der Waals surface area contributed by atoms with Crippen molar-refractivity contribution in [3.05, 3.63) is 0 Å². The van der Waals surface area contributed by atoms with Gasteiger partial charge < -0.3 is 11.1 Å². The number of nitrogens with one attached hydrogen (secondary N) is 1. The normalized spacial score (nSPS) is 31.5. The summed E-state index contributed by atoms with van der Waals surface area (Å²) in [4.78, 5) is 10.7. The molecule has 0 radical (unpaired) electrons. The summed E-state index contributed by atoms with van der Waals surface area (Å²) in [5.41, 5.74) is 5.44. The van der Waals surface area contributed by atoms with Gasteiger partial charge in [-0.1, -0.05) is 21.6 Å². The van der Waals surface area contributed by atoms with Gasteiger partial charge in [-0.15, -0.1) is 0 Å². The van der Waals surface area contributed by atoms with Gasteiger partial charge in [0.25, 0.3) is 0 Å². The van der Waals surface area contributed by atoms with Crippen LogP contribution in [0.3, 0.4) is 0 Å². The number of hydrogen-bond donors (Lipinski definition) is 2. The molecule has 11 heavy (non-hydrogen) atoms. The van der Waals surface area contributed by atoms with Crippen molar-refractivity contribution >= 4 is 27.5 Å². The zero-order valence-corrected chi connectivity index (χ0v) is 8.06. The van der Waals surface area contributed by atoms with Gasteiger partial charge in [-0.2, -0.15) is 0 Å². The maximum Gasteiger partial charge on any atom is 0.218 e. The molecule has 1 heterocycles. The van der Waals surface area contributed by atoms with Gasteiger partial charge in [-0.05, 0) is 6.42 Å². The molecule has 0 aromatic carbocycles. The first-order valence-corrected chi connectivity index (χ1v) is 5.93. The number of nitrogens with two attached hydrogens (primary N) is 1. The lowest BCUT2D eigenvalue weighted by molar-refractivity contribution is -0.120. The van der Waals surface area contributed by atoms with Crippen LogP contribution in [0.4, 0.5) is 0 Å². The molecule has 1 atom stereocenters. The Labute approximate surface area is 74.3 Å². The van der Waals surface area contributed by atoms with Crippen LogP contribution in [-0.2, 0) is 4.79 Å². The second-order valence-corrected chi connectivity index (χ2v) is 5.25. The largest absolute Gasteiger partial charge is 0.338 e. The quantitative estimate of drug-likeness (QED) is 0.471. The summed E-state index contributed by atoms with van der Waals surface area (Å²) in [6.07, 6.45) is 0.865. The van der Waals surface area contributed by atoms with E-state index in [0.29, 0.717) is 0 Å². The Hall–Kier alpha value is 0.130. The van der Waals surface area contributed by atoms with Crippen LogP contribution in [-0.4, -0.2) is 23.1 Å². The fourth-order valence-electron chi connectivity index (χ4n) is 0.951. The molecule has 1 aliphatic heterocycles. The van der Waals surface area contributed by atoms with Crippen molar-refractivity contribution in [2.45, 2.75) is 19.0 Å². The Bertz CT molecular complexity index is 157. The molecule has 0 aliphatic carbocycles. The summed E-state index contributed by atoms with van der Waals surface area (Å²) in [7, 11) is 3.53. The van der Waals surface area contributed by atoms with Crippen LogP contribution in [0, 0.1) is 0 Å². The monoisotopic (exact) mass is 192 g/mol. The van der Waals surface area contributed by atoms with Crippen molar-refractivity contribution < 1.29 is 4.79 Å². The number of rotatable bonds is 1. The SMILES string of the molecule is CC(=O)NC1(N)CCSSC1. The van der Waals surface area contributed by atoms with E-state index < -0.39 is 5.66 Å². The van der Waals surface area contributed by atoms with Crippen LogP contribution in [0.1, 0.15) is 13.3 Å². The van der Waals surface area contributed by atoms with Crippen molar-refractivity contribution in [2.24, 2.45) is 5.73 Å². The van der Waals surface area contributed by atoms with Gasteiger partial charge in [0.05, 0.1) is 5.66 Å². The highest BCUT2D eigenvalue weighted by Gasteiger charge is 2.28. The lowest BCUT2D eigenvalue weighted by Gasteiger charge is -2.32. The van der Waals surface area contributed by atoms with Gasteiger partial charge in [0, 0.05) is 18.4 Å². The predicted molar refractivity (Wildman–Crippen MR) is 50.3 cm³/mol. The van der Waals surface area contributed by atoms with Gasteiger partial charge in [-0.3, -0.25) is 4.79 Å². The summed E-state index contributed by atoms with van der Waals surface area (Å²) < 4.78 is 0. The minimum Gasteiger partial charge on any atom is -0.338 e. The summed E-state index contributed by atoms with van der Waals surface area (Å²) >= 11 is 0. The van der Waals surface area contributed by atoms with Crippen LogP contribution in [0.15, 0.2) is 0 Å². The van der Waals surface area contributed by atoms with Crippen molar-refractivity contribution in [2.75, 3.05) is 11.5 Å². The number of amides is 1. The van der Waals surface area contributed by atoms with Crippen LogP contribution >= 0.6 is 21.6 Å². The summed E-state index contributed by atoms with van der Waals surface area (Å²) in [5, 5.41) is 2.76. The lowest BCUT2D eigenvalue weighted by Crippen LogP contribution is -2.58. The van der Waals surface area contributed by atoms with E-state index in [4.69, 9.17) is 5.73 Å². The average Bonchev–Trinajstić information content (AvgIpc) is 1.85. The van der Waals surface area contributed by atoms with E-state index in [1.54, 1.807) is 10.8 Å². The molecule has 0 bridgehead atoms. The van der Waals surface area contributed by atoms with Crippen molar-refractivity contribution in [3.8, 4) is 0 Å². The minimum atomic E-state index is -0.457. The van der Waals surface area contributed by atoms with Gasteiger partial charge in [0.1, 0.15) is 0 Å². The van der Waals surface area contributed by atoms with E-state index in [1.165, 1.54) is 6.92 Å². The highest BCUT2D eigenvalue weighted by molar-refractivity contribution is 8.76. The highest BCUT2D eigenvalue weighted by Crippen LogP contribution is 2.32. The predicted octanol–water partition coefficient (Wildman–Crippen LogP) is 0.563. The molecule has 1 rings (SSSR count). The maximum atomic E-state index is 10.7. The molecule has 1 unspecified atom stereocenters. The Morgan fingerprint density at radius 1 is 1.64 bits per heavy atom. The van der Waals surface area contributed by atoms with Gasteiger partial charge in [-0.25, -0.2) is 0 Å². The second-order valence-electron chi connectivity index (χ2n) is 2.67. The van der Waals surface area contributed by atoms with E-state index in [9.17, 15) is 4.79 Å². The maximum absolute atomic E-state index is 10.7. The van der Waals surface area contributed by atoms with Crippen LogP contribution in [0.25, 0.3) is 0 Å². The summed E-state index contributed by atoms with van der Waals surface area (Å²) in [6.45, 7) is 1.50. The van der Waals surface area contributed by atoms with E-state index in [1.807, 2.05) is 10.8 Å². The third-order valence-electron chi connectivity index (χ3n) is 1.46. The number of carbonyl (C=O) groups is 1. The molecule has 1 aliphatic rings. The molecule has 0 aromatic heterocycles. The average molecular weight is 192 g/mol. The standard InChI is InChI=1S/C6H12N2OS2/c1-5(9)8-6(7)2-3-10-11-4-6/h2-4,7H2,1H3,(H,8,9). The molecular weight excluding hydrogens is 180 g/mol. The van der Waals surface area contributed by atoms with E-state index >= 15 is 0 Å². The fraction of sp³-hybridized carbons (Fsp3) is 0.833. The van der Waals surface area contributed by atoms with E-state index in [0.717, 1.165) is 17.9 Å². The molecular formula is C6H12N2OS2. The lowest BCUT2D eigenvalue weighted by atomic mass is 10.1. The first-order valence-electron chi connectivity index (χ1n) is 3.44. The van der Waals surface area contributed by atoms with Gasteiger partial charge in [0.15, 0.2) is 0 Å². The zero-order valence-electron chi connectivity index (χ0n) is 6.42. The highest BCUT2D eigenvalue weighted by atomic mass is 33.1. The Balaban J connectivity index is 2.43. The van der Waals surface area contributed by atoms with Crippen molar-refractivity contribution in [3.63, 3.8) is 0 Å². The first kappa shape index (κ1) is 9.22. The third-order valence-corrected chi connectivity index (χ3v) is 3.98. The van der Waals surface area contributed by atoms with Gasteiger partial charge in [0.2, 0.25) is 5.91 Å². The third kappa shape index (κ3) is 2.92. The molecule has 1 saturated heterocycles. The van der Waals surface area contributed by atoms with Crippen molar-refractivity contribution in [1.29, 1.82) is 0 Å². The molecule has 1 fully saturated rings. The molecule has 0 spiro atoms. The Morgan fingerprint density at radius 2 is 2.36 bits per heavy atom. The number of carbonyl (C=O) groups excluding carboxylic acids is 1. The Morgan fingerprint density at radius 3 is 2.82 bits per heavy atom.